The van der Waals surface area contributed by atoms with E-state index in [1.54, 1.807) is 0 Å². The number of hydrogen-bond donors (Lipinski definition) is 0. The average molecular weight is 287 g/mol. The molecule has 1 heterocycles. The summed E-state index contributed by atoms with van der Waals surface area (Å²) in [6, 6.07) is -0.354. The van der Waals surface area contributed by atoms with Gasteiger partial charge in [0.1, 0.15) is 19.3 Å². The van der Waals surface area contributed by atoms with Crippen molar-refractivity contribution in [2.75, 3.05) is 40.6 Å². The first kappa shape index (κ1) is 16.0. The van der Waals surface area contributed by atoms with E-state index in [1.807, 2.05) is 0 Å². The van der Waals surface area contributed by atoms with Gasteiger partial charge in [0.15, 0.2) is 0 Å². The van der Waals surface area contributed by atoms with Crippen LogP contribution in [-0.4, -0.2) is 69.6 Å². The van der Waals surface area contributed by atoms with Crippen molar-refractivity contribution in [1.82, 2.24) is 4.90 Å². The lowest BCUT2D eigenvalue weighted by Crippen LogP contribution is -2.39. The van der Waals surface area contributed by atoms with E-state index in [9.17, 15) is 14.4 Å². The van der Waals surface area contributed by atoms with Gasteiger partial charge >= 0.3 is 18.0 Å². The van der Waals surface area contributed by atoms with Crippen LogP contribution in [0.15, 0.2) is 12.2 Å². The molecule has 0 bridgehead atoms. The summed E-state index contributed by atoms with van der Waals surface area (Å²) < 4.78 is 19.0. The Hall–Kier alpha value is -2.09. The Morgan fingerprint density at radius 1 is 1.35 bits per heavy atom. The number of carbonyl (C=O) groups excluding carboxylic acids is 3. The lowest BCUT2D eigenvalue weighted by atomic mass is 10.3. The van der Waals surface area contributed by atoms with Crippen LogP contribution < -0.4 is 0 Å². The number of cyclic esters (lactones) is 1. The monoisotopic (exact) mass is 287 g/mol. The third kappa shape index (κ3) is 4.88. The molecule has 0 spiro atoms. The number of rotatable bonds is 7. The predicted molar refractivity (Wildman–Crippen MR) is 65.8 cm³/mol. The molecule has 0 aromatic heterocycles. The fourth-order valence-corrected chi connectivity index (χ4v) is 1.52. The fraction of sp³-hybridized carbons (Fsp3) is 0.583. The number of hydrogen-bond acceptors (Lipinski definition) is 7. The second kappa shape index (κ2) is 8.16. The topological polar surface area (TPSA) is 91.4 Å². The molecule has 0 aliphatic carbocycles. The molecule has 0 saturated carbocycles. The Kier molecular flexibility index (Phi) is 6.51. The van der Waals surface area contributed by atoms with Crippen molar-refractivity contribution in [3.05, 3.63) is 12.2 Å². The molecule has 1 aliphatic heterocycles. The van der Waals surface area contributed by atoms with E-state index in [0.29, 0.717) is 13.2 Å². The molecule has 20 heavy (non-hydrogen) atoms. The Morgan fingerprint density at radius 2 is 2.05 bits per heavy atom. The van der Waals surface area contributed by atoms with Gasteiger partial charge in [0.05, 0.1) is 13.7 Å². The minimum absolute atomic E-state index is 0.0141. The van der Waals surface area contributed by atoms with Gasteiger partial charge < -0.3 is 18.9 Å². The van der Waals surface area contributed by atoms with Crippen molar-refractivity contribution in [1.29, 1.82) is 0 Å². The molecule has 0 radical (unpaired) electrons. The average Bonchev–Trinajstić information content (AvgIpc) is 2.80. The summed E-state index contributed by atoms with van der Waals surface area (Å²) in [5.41, 5.74) is 0. The maximum absolute atomic E-state index is 11.4. The second-order valence-electron chi connectivity index (χ2n) is 3.90. The smallest absolute Gasteiger partial charge is 0.410 e. The first-order valence-electron chi connectivity index (χ1n) is 5.93. The van der Waals surface area contributed by atoms with Crippen molar-refractivity contribution in [2.45, 2.75) is 6.04 Å². The molecule has 1 amide bonds. The zero-order valence-electron chi connectivity index (χ0n) is 11.4. The second-order valence-corrected chi connectivity index (χ2v) is 3.90. The van der Waals surface area contributed by atoms with E-state index in [4.69, 9.17) is 14.2 Å². The predicted octanol–water partition coefficient (Wildman–Crippen LogP) is -0.274. The summed E-state index contributed by atoms with van der Waals surface area (Å²) in [4.78, 5) is 35.0. The van der Waals surface area contributed by atoms with Crippen molar-refractivity contribution < 1.29 is 33.3 Å². The van der Waals surface area contributed by atoms with E-state index in [0.717, 1.165) is 12.2 Å². The van der Waals surface area contributed by atoms with Gasteiger partial charge in [-0.15, -0.1) is 0 Å². The van der Waals surface area contributed by atoms with Crippen LogP contribution >= 0.6 is 0 Å². The van der Waals surface area contributed by atoms with Crippen LogP contribution in [0.2, 0.25) is 0 Å². The number of methoxy groups -OCH3 is 2. The first-order chi connectivity index (χ1) is 9.58. The van der Waals surface area contributed by atoms with E-state index in [-0.39, 0.29) is 19.3 Å². The van der Waals surface area contributed by atoms with E-state index < -0.39 is 18.0 Å². The van der Waals surface area contributed by atoms with E-state index in [2.05, 4.69) is 4.74 Å². The van der Waals surface area contributed by atoms with Gasteiger partial charge in [0.25, 0.3) is 0 Å². The van der Waals surface area contributed by atoms with Crippen LogP contribution in [0.25, 0.3) is 0 Å². The molecular weight excluding hydrogens is 270 g/mol. The minimum Gasteiger partial charge on any atom is -0.466 e. The number of ether oxygens (including phenoxy) is 4. The highest BCUT2D eigenvalue weighted by Gasteiger charge is 2.33. The molecule has 1 atom stereocenters. The van der Waals surface area contributed by atoms with Crippen molar-refractivity contribution >= 4 is 18.0 Å². The number of esters is 2. The third-order valence-corrected chi connectivity index (χ3v) is 2.59. The quantitative estimate of drug-likeness (QED) is 0.361. The van der Waals surface area contributed by atoms with Crippen LogP contribution in [0, 0.1) is 0 Å². The van der Waals surface area contributed by atoms with Crippen LogP contribution in [0.3, 0.4) is 0 Å². The zero-order valence-corrected chi connectivity index (χ0v) is 11.4. The van der Waals surface area contributed by atoms with Crippen LogP contribution in [-0.2, 0) is 28.5 Å². The molecule has 1 saturated heterocycles. The van der Waals surface area contributed by atoms with E-state index >= 15 is 0 Å². The highest BCUT2D eigenvalue weighted by Crippen LogP contribution is 2.12. The van der Waals surface area contributed by atoms with Gasteiger partial charge in [-0.25, -0.2) is 14.4 Å². The number of amides is 1. The molecular formula is C12H17NO7. The Bertz CT molecular complexity index is 393. The summed E-state index contributed by atoms with van der Waals surface area (Å²) in [6.07, 6.45) is 1.46. The summed E-state index contributed by atoms with van der Waals surface area (Å²) in [6.45, 7) is 0.855. The van der Waals surface area contributed by atoms with Gasteiger partial charge in [0.2, 0.25) is 0 Å². The fourth-order valence-electron chi connectivity index (χ4n) is 1.52. The SMILES string of the molecule is COCCN1C(=O)OCC1COC(=O)/C=C/C(=O)OC. The molecule has 0 aromatic rings. The highest BCUT2D eigenvalue weighted by atomic mass is 16.6. The van der Waals surface area contributed by atoms with Crippen LogP contribution in [0.5, 0.6) is 0 Å². The van der Waals surface area contributed by atoms with Gasteiger partial charge in [-0.2, -0.15) is 0 Å². The van der Waals surface area contributed by atoms with Crippen LogP contribution in [0.1, 0.15) is 0 Å². The van der Waals surface area contributed by atoms with Gasteiger partial charge in [-0.1, -0.05) is 0 Å². The largest absolute Gasteiger partial charge is 0.466 e. The normalized spacial score (nSPS) is 18.2. The molecule has 1 rings (SSSR count). The summed E-state index contributed by atoms with van der Waals surface area (Å²) in [5, 5.41) is 0. The molecule has 8 heteroatoms. The Labute approximate surface area is 116 Å². The number of carbonyl (C=O) groups is 3. The molecule has 0 N–H and O–H groups in total. The maximum Gasteiger partial charge on any atom is 0.410 e. The Balaban J connectivity index is 2.39. The molecule has 1 aliphatic rings. The minimum atomic E-state index is -0.693. The lowest BCUT2D eigenvalue weighted by molar-refractivity contribution is -0.140. The molecule has 8 nitrogen and oxygen atoms in total. The van der Waals surface area contributed by atoms with Crippen molar-refractivity contribution in [2.24, 2.45) is 0 Å². The lowest BCUT2D eigenvalue weighted by Gasteiger charge is -2.20. The zero-order chi connectivity index (χ0) is 15.0. The van der Waals surface area contributed by atoms with Crippen molar-refractivity contribution in [3.8, 4) is 0 Å². The van der Waals surface area contributed by atoms with Crippen LogP contribution in [0.4, 0.5) is 4.79 Å². The Morgan fingerprint density at radius 3 is 2.70 bits per heavy atom. The summed E-state index contributed by atoms with van der Waals surface area (Å²) in [5.74, 6) is -1.34. The number of nitrogens with zero attached hydrogens (tertiary/aromatic N) is 1. The molecule has 1 fully saturated rings. The molecule has 1 unspecified atom stereocenters. The summed E-state index contributed by atoms with van der Waals surface area (Å²) in [7, 11) is 2.72. The molecule has 0 aromatic carbocycles. The third-order valence-electron chi connectivity index (χ3n) is 2.59. The van der Waals surface area contributed by atoms with Gasteiger partial charge in [0, 0.05) is 25.8 Å². The highest BCUT2D eigenvalue weighted by molar-refractivity contribution is 5.91. The van der Waals surface area contributed by atoms with Gasteiger partial charge in [-0.3, -0.25) is 4.90 Å². The standard InChI is InChI=1S/C12H17NO7/c1-17-6-5-13-9(8-20-12(13)16)7-19-11(15)4-3-10(14)18-2/h3-4,9H,5-8H2,1-2H3/b4-3+. The maximum atomic E-state index is 11.4. The first-order valence-corrected chi connectivity index (χ1v) is 5.93. The molecule has 112 valence electrons. The summed E-state index contributed by atoms with van der Waals surface area (Å²) >= 11 is 0. The van der Waals surface area contributed by atoms with Gasteiger partial charge in [-0.05, 0) is 0 Å². The van der Waals surface area contributed by atoms with Crippen molar-refractivity contribution in [3.63, 3.8) is 0 Å². The van der Waals surface area contributed by atoms with E-state index in [1.165, 1.54) is 19.1 Å².